The molecule has 1 aliphatic heterocycles. The second-order valence-corrected chi connectivity index (χ2v) is 7.80. The van der Waals surface area contributed by atoms with Crippen LogP contribution in [0.3, 0.4) is 0 Å². The van der Waals surface area contributed by atoms with Gasteiger partial charge in [-0.15, -0.1) is 0 Å². The average molecular weight is 463 g/mol. The first-order chi connectivity index (χ1) is 16.4. The summed E-state index contributed by atoms with van der Waals surface area (Å²) in [6.07, 6.45) is -0.881. The molecule has 1 atom stereocenters. The van der Waals surface area contributed by atoms with E-state index < -0.39 is 35.5 Å². The maximum Gasteiger partial charge on any atom is 0.279 e. The summed E-state index contributed by atoms with van der Waals surface area (Å²) in [5.74, 6) is -2.66. The van der Waals surface area contributed by atoms with E-state index in [0.717, 1.165) is 10.3 Å². The minimum Gasteiger partial charge on any atom is -0.478 e. The van der Waals surface area contributed by atoms with E-state index in [1.807, 2.05) is 12.1 Å². The molecule has 1 aliphatic rings. The molecule has 2 N–H and O–H groups in total. The molecule has 0 aromatic heterocycles. The van der Waals surface area contributed by atoms with Gasteiger partial charge < -0.3 is 4.74 Å². The van der Waals surface area contributed by atoms with Gasteiger partial charge in [-0.1, -0.05) is 36.4 Å². The molecule has 4 amide bonds. The highest BCUT2D eigenvalue weighted by molar-refractivity contribution is 6.25. The molecule has 0 radical (unpaired) electrons. The molecule has 1 heterocycles. The van der Waals surface area contributed by atoms with Crippen molar-refractivity contribution in [3.05, 3.63) is 77.6 Å². The molecule has 0 aliphatic carbocycles. The molecule has 174 valence electrons. The van der Waals surface area contributed by atoms with E-state index in [4.69, 9.17) is 4.74 Å². The predicted molar refractivity (Wildman–Crippen MR) is 121 cm³/mol. The van der Waals surface area contributed by atoms with Crippen molar-refractivity contribution in [2.24, 2.45) is 0 Å². The summed E-state index contributed by atoms with van der Waals surface area (Å²) in [6.45, 7) is 1.47. The third-order valence-electron chi connectivity index (χ3n) is 5.48. The monoisotopic (exact) mass is 463 g/mol. The van der Waals surface area contributed by atoms with Crippen molar-refractivity contribution in [3.63, 3.8) is 0 Å². The van der Waals surface area contributed by atoms with E-state index in [9.17, 15) is 23.6 Å². The number of amides is 4. The summed E-state index contributed by atoms with van der Waals surface area (Å²) < 4.78 is 18.9. The van der Waals surface area contributed by atoms with Crippen molar-refractivity contribution in [2.45, 2.75) is 25.9 Å². The number of hydrogen-bond acceptors (Lipinski definition) is 5. The standard InChI is InChI=1S/C25H22FN3O5/c1-15(34-20-12-3-2-11-19(20)26)23(31)28-27-21(30)13-6-14-29-24(32)17-9-4-7-16-8-5-10-18(22(16)17)25(29)33/h2-5,7-12,15H,6,13-14H2,1H3,(H,27,30)(H,28,31). The van der Waals surface area contributed by atoms with Gasteiger partial charge in [0.1, 0.15) is 0 Å². The number of nitrogens with zero attached hydrogens (tertiary/aromatic N) is 1. The van der Waals surface area contributed by atoms with Crippen LogP contribution in [0.2, 0.25) is 0 Å². The lowest BCUT2D eigenvalue weighted by Crippen LogP contribution is -2.47. The molecule has 1 unspecified atom stereocenters. The van der Waals surface area contributed by atoms with Crippen molar-refractivity contribution < 1.29 is 28.3 Å². The lowest BCUT2D eigenvalue weighted by atomic mass is 9.94. The largest absolute Gasteiger partial charge is 0.478 e. The van der Waals surface area contributed by atoms with Gasteiger partial charge in [-0.25, -0.2) is 4.39 Å². The Balaban J connectivity index is 1.27. The van der Waals surface area contributed by atoms with Crippen LogP contribution in [0.5, 0.6) is 5.75 Å². The van der Waals surface area contributed by atoms with Crippen LogP contribution in [0.4, 0.5) is 4.39 Å². The minimum atomic E-state index is -1.05. The van der Waals surface area contributed by atoms with Gasteiger partial charge in [-0.3, -0.25) is 34.9 Å². The van der Waals surface area contributed by atoms with Crippen LogP contribution in [0.25, 0.3) is 10.8 Å². The van der Waals surface area contributed by atoms with Gasteiger partial charge in [0, 0.05) is 29.5 Å². The highest BCUT2D eigenvalue weighted by Crippen LogP contribution is 2.30. The van der Waals surface area contributed by atoms with Crippen molar-refractivity contribution in [1.82, 2.24) is 15.8 Å². The van der Waals surface area contributed by atoms with Gasteiger partial charge in [-0.2, -0.15) is 0 Å². The number of carbonyl (C=O) groups excluding carboxylic acids is 4. The summed E-state index contributed by atoms with van der Waals surface area (Å²) >= 11 is 0. The minimum absolute atomic E-state index is 0.0360. The molecule has 0 saturated carbocycles. The third kappa shape index (κ3) is 4.59. The number of hydrazine groups is 1. The van der Waals surface area contributed by atoms with Crippen molar-refractivity contribution in [1.29, 1.82) is 0 Å². The molecule has 9 heteroatoms. The van der Waals surface area contributed by atoms with Gasteiger partial charge in [-0.05, 0) is 43.0 Å². The fraction of sp³-hybridized carbons (Fsp3) is 0.200. The van der Waals surface area contributed by atoms with Crippen molar-refractivity contribution in [2.75, 3.05) is 6.54 Å². The summed E-state index contributed by atoms with van der Waals surface area (Å²) in [5, 5.41) is 1.46. The maximum absolute atomic E-state index is 13.6. The Morgan fingerprint density at radius 3 is 2.24 bits per heavy atom. The molecule has 3 aromatic carbocycles. The average Bonchev–Trinajstić information content (AvgIpc) is 2.84. The van der Waals surface area contributed by atoms with E-state index in [-0.39, 0.29) is 25.1 Å². The number of imide groups is 1. The molecule has 0 saturated heterocycles. The Morgan fingerprint density at radius 1 is 0.941 bits per heavy atom. The number of rotatable bonds is 7. The summed E-state index contributed by atoms with van der Waals surface area (Å²) in [5.41, 5.74) is 5.38. The van der Waals surface area contributed by atoms with E-state index >= 15 is 0 Å². The number of nitrogens with one attached hydrogen (secondary N) is 2. The normalized spacial score (nSPS) is 13.5. The first-order valence-corrected chi connectivity index (χ1v) is 10.7. The van der Waals surface area contributed by atoms with Crippen LogP contribution >= 0.6 is 0 Å². The smallest absolute Gasteiger partial charge is 0.279 e. The highest BCUT2D eigenvalue weighted by Gasteiger charge is 2.32. The molecule has 0 spiro atoms. The number of benzene rings is 3. The van der Waals surface area contributed by atoms with Crippen molar-refractivity contribution in [3.8, 4) is 5.75 Å². The van der Waals surface area contributed by atoms with Crippen LogP contribution in [-0.2, 0) is 9.59 Å². The molecular formula is C25H22FN3O5. The highest BCUT2D eigenvalue weighted by atomic mass is 19.1. The Bertz CT molecular complexity index is 1240. The Morgan fingerprint density at radius 2 is 1.59 bits per heavy atom. The van der Waals surface area contributed by atoms with Gasteiger partial charge in [0.15, 0.2) is 17.7 Å². The molecule has 4 rings (SSSR count). The quantitative estimate of drug-likeness (QED) is 0.414. The van der Waals surface area contributed by atoms with Crippen LogP contribution in [0, 0.1) is 5.82 Å². The lowest BCUT2D eigenvalue weighted by molar-refractivity contribution is -0.132. The predicted octanol–water partition coefficient (Wildman–Crippen LogP) is 2.97. The van der Waals surface area contributed by atoms with Gasteiger partial charge in [0.05, 0.1) is 0 Å². The zero-order valence-corrected chi connectivity index (χ0v) is 18.3. The van der Waals surface area contributed by atoms with E-state index in [0.29, 0.717) is 16.5 Å². The maximum atomic E-state index is 13.6. The number of para-hydroxylation sites is 1. The zero-order chi connectivity index (χ0) is 24.2. The first kappa shape index (κ1) is 22.9. The van der Waals surface area contributed by atoms with Gasteiger partial charge >= 0.3 is 0 Å². The van der Waals surface area contributed by atoms with E-state index in [2.05, 4.69) is 10.9 Å². The number of carbonyl (C=O) groups is 4. The van der Waals surface area contributed by atoms with E-state index in [1.165, 1.54) is 25.1 Å². The van der Waals surface area contributed by atoms with Crippen LogP contribution in [0.1, 0.15) is 40.5 Å². The van der Waals surface area contributed by atoms with Gasteiger partial charge in [0.25, 0.3) is 17.7 Å². The fourth-order valence-electron chi connectivity index (χ4n) is 3.76. The van der Waals surface area contributed by atoms with Crippen LogP contribution < -0.4 is 15.6 Å². The van der Waals surface area contributed by atoms with E-state index in [1.54, 1.807) is 30.3 Å². The number of hydrogen-bond donors (Lipinski definition) is 2. The molecular weight excluding hydrogens is 441 g/mol. The molecule has 0 bridgehead atoms. The second kappa shape index (κ2) is 9.70. The number of ether oxygens (including phenoxy) is 1. The molecule has 8 nitrogen and oxygen atoms in total. The lowest BCUT2D eigenvalue weighted by Gasteiger charge is -2.27. The van der Waals surface area contributed by atoms with Gasteiger partial charge in [0.2, 0.25) is 5.91 Å². The Kier molecular flexibility index (Phi) is 6.53. The van der Waals surface area contributed by atoms with Crippen LogP contribution in [0.15, 0.2) is 60.7 Å². The first-order valence-electron chi connectivity index (χ1n) is 10.7. The second-order valence-electron chi connectivity index (χ2n) is 7.80. The number of halogens is 1. The molecule has 3 aromatic rings. The SMILES string of the molecule is CC(Oc1ccccc1F)C(=O)NNC(=O)CCCN1C(=O)c2cccc3cccc(c23)C1=O. The van der Waals surface area contributed by atoms with Crippen LogP contribution in [-0.4, -0.2) is 41.2 Å². The van der Waals surface area contributed by atoms with Crippen molar-refractivity contribution >= 4 is 34.4 Å². The Hall–Kier alpha value is -4.27. The summed E-state index contributed by atoms with van der Waals surface area (Å²) in [7, 11) is 0. The zero-order valence-electron chi connectivity index (χ0n) is 18.3. The summed E-state index contributed by atoms with van der Waals surface area (Å²) in [4.78, 5) is 51.1. The molecule has 0 fully saturated rings. The topological polar surface area (TPSA) is 105 Å². The fourth-order valence-corrected chi connectivity index (χ4v) is 3.76. The Labute approximate surface area is 194 Å². The summed E-state index contributed by atoms with van der Waals surface area (Å²) in [6, 6.07) is 16.2. The third-order valence-corrected chi connectivity index (χ3v) is 5.48. The molecule has 34 heavy (non-hydrogen) atoms.